The summed E-state index contributed by atoms with van der Waals surface area (Å²) in [6.45, 7) is 0.755. The van der Waals surface area contributed by atoms with Crippen LogP contribution in [0.3, 0.4) is 0 Å². The summed E-state index contributed by atoms with van der Waals surface area (Å²) in [5.41, 5.74) is 6.62. The van der Waals surface area contributed by atoms with Gasteiger partial charge in [0.15, 0.2) is 0 Å². The fourth-order valence-corrected chi connectivity index (χ4v) is 0.909. The molecule has 0 radical (unpaired) electrons. The van der Waals surface area contributed by atoms with E-state index in [4.69, 9.17) is 5.73 Å². The summed E-state index contributed by atoms with van der Waals surface area (Å²) >= 11 is 0. The Morgan fingerprint density at radius 2 is 2.17 bits per heavy atom. The van der Waals surface area contributed by atoms with Crippen LogP contribution in [-0.4, -0.2) is 16.1 Å². The second-order valence-electron chi connectivity index (χ2n) is 2.39. The van der Waals surface area contributed by atoms with E-state index in [1.165, 1.54) is 5.69 Å². The van der Waals surface area contributed by atoms with E-state index in [9.17, 15) is 0 Å². The van der Waals surface area contributed by atoms with Gasteiger partial charge in [0.2, 0.25) is 0 Å². The minimum absolute atomic E-state index is 0. The Morgan fingerprint density at radius 3 is 2.58 bits per heavy atom. The topological polar surface area (TPSA) is 43.8 Å². The first-order valence-electron chi connectivity index (χ1n) is 3.50. The number of halogens is 2. The lowest BCUT2D eigenvalue weighted by atomic mass is 10.2. The van der Waals surface area contributed by atoms with Gasteiger partial charge in [-0.3, -0.25) is 0 Å². The van der Waals surface area contributed by atoms with Crippen molar-refractivity contribution in [2.24, 2.45) is 12.8 Å². The van der Waals surface area contributed by atoms with Crippen molar-refractivity contribution in [1.29, 1.82) is 0 Å². The number of nitrogens with zero attached hydrogens (tertiary/aromatic N) is 2. The molecule has 0 spiro atoms. The van der Waals surface area contributed by atoms with Crippen LogP contribution in [0, 0.1) is 0 Å². The zero-order valence-corrected chi connectivity index (χ0v) is 8.70. The molecule has 1 heterocycles. The summed E-state index contributed by atoms with van der Waals surface area (Å²) in [7, 11) is 2.00. The van der Waals surface area contributed by atoms with Crippen LogP contribution in [-0.2, 0) is 13.5 Å². The second kappa shape index (κ2) is 7.40. The smallest absolute Gasteiger partial charge is 0.0945 e. The first-order chi connectivity index (χ1) is 4.84. The normalized spacial score (nSPS) is 8.50. The maximum Gasteiger partial charge on any atom is 0.0945 e. The number of hydrogen-bond acceptors (Lipinski definition) is 2. The maximum absolute atomic E-state index is 5.37. The lowest BCUT2D eigenvalue weighted by molar-refractivity contribution is 0.754. The molecular formula is C7H15Cl2N3. The van der Waals surface area contributed by atoms with Gasteiger partial charge in [-0.25, -0.2) is 4.98 Å². The molecule has 0 saturated carbocycles. The van der Waals surface area contributed by atoms with Crippen molar-refractivity contribution in [1.82, 2.24) is 9.55 Å². The molecule has 0 saturated heterocycles. The molecule has 0 unspecified atom stereocenters. The van der Waals surface area contributed by atoms with Gasteiger partial charge in [0.05, 0.1) is 6.33 Å². The highest BCUT2D eigenvalue weighted by Crippen LogP contribution is 1.98. The summed E-state index contributed by atoms with van der Waals surface area (Å²) in [6.07, 6.45) is 5.77. The molecule has 72 valence electrons. The monoisotopic (exact) mass is 211 g/mol. The van der Waals surface area contributed by atoms with E-state index in [0.717, 1.165) is 19.4 Å². The second-order valence-corrected chi connectivity index (χ2v) is 2.39. The number of aromatic nitrogens is 2. The van der Waals surface area contributed by atoms with Crippen LogP contribution in [0.15, 0.2) is 12.5 Å². The average Bonchev–Trinajstić information content (AvgIpc) is 2.31. The highest BCUT2D eigenvalue weighted by Gasteiger charge is 1.95. The molecule has 0 bridgehead atoms. The molecule has 0 aliphatic heterocycles. The molecular weight excluding hydrogens is 197 g/mol. The zero-order chi connectivity index (χ0) is 7.40. The quantitative estimate of drug-likeness (QED) is 0.816. The molecule has 1 rings (SSSR count). The molecule has 0 aromatic carbocycles. The molecule has 12 heavy (non-hydrogen) atoms. The Balaban J connectivity index is 0. The van der Waals surface area contributed by atoms with E-state index in [-0.39, 0.29) is 24.8 Å². The van der Waals surface area contributed by atoms with E-state index >= 15 is 0 Å². The van der Waals surface area contributed by atoms with Crippen molar-refractivity contribution < 1.29 is 0 Å². The SMILES string of the molecule is Cl.Cl.Cn1cncc1CCCN. The molecule has 0 fully saturated rings. The predicted octanol–water partition coefficient (Wildman–Crippen LogP) is 1.15. The Morgan fingerprint density at radius 1 is 1.50 bits per heavy atom. The fourth-order valence-electron chi connectivity index (χ4n) is 0.909. The highest BCUT2D eigenvalue weighted by molar-refractivity contribution is 5.85. The zero-order valence-electron chi connectivity index (χ0n) is 7.06. The fraction of sp³-hybridized carbons (Fsp3) is 0.571. The minimum Gasteiger partial charge on any atom is -0.338 e. The Kier molecular flexibility index (Phi) is 8.81. The van der Waals surface area contributed by atoms with E-state index in [0.29, 0.717) is 0 Å². The Bertz CT molecular complexity index is 200. The van der Waals surface area contributed by atoms with E-state index in [1.807, 2.05) is 24.1 Å². The van der Waals surface area contributed by atoms with Crippen molar-refractivity contribution in [2.75, 3.05) is 6.54 Å². The largest absolute Gasteiger partial charge is 0.338 e. The third-order valence-electron chi connectivity index (χ3n) is 1.55. The van der Waals surface area contributed by atoms with Gasteiger partial charge >= 0.3 is 0 Å². The summed E-state index contributed by atoms with van der Waals surface area (Å²) < 4.78 is 2.02. The number of aryl methyl sites for hydroxylation is 2. The number of nitrogens with two attached hydrogens (primary N) is 1. The van der Waals surface area contributed by atoms with Crippen molar-refractivity contribution in [3.8, 4) is 0 Å². The third kappa shape index (κ3) is 3.95. The van der Waals surface area contributed by atoms with Crippen LogP contribution in [0.2, 0.25) is 0 Å². The van der Waals surface area contributed by atoms with Gasteiger partial charge < -0.3 is 10.3 Å². The summed E-state index contributed by atoms with van der Waals surface area (Å²) in [4.78, 5) is 4.00. The van der Waals surface area contributed by atoms with Crippen LogP contribution in [0.1, 0.15) is 12.1 Å². The molecule has 1 aromatic heterocycles. The molecule has 0 amide bonds. The van der Waals surface area contributed by atoms with Crippen LogP contribution < -0.4 is 5.73 Å². The highest BCUT2D eigenvalue weighted by atomic mass is 35.5. The van der Waals surface area contributed by atoms with E-state index in [2.05, 4.69) is 4.98 Å². The van der Waals surface area contributed by atoms with Gasteiger partial charge in [-0.05, 0) is 19.4 Å². The molecule has 5 heteroatoms. The van der Waals surface area contributed by atoms with Gasteiger partial charge in [0.1, 0.15) is 0 Å². The van der Waals surface area contributed by atoms with Crippen LogP contribution in [0.25, 0.3) is 0 Å². The predicted molar refractivity (Wildman–Crippen MR) is 55.1 cm³/mol. The lowest BCUT2D eigenvalue weighted by Crippen LogP contribution is -2.02. The Hall–Kier alpha value is -0.250. The average molecular weight is 212 g/mol. The molecule has 2 N–H and O–H groups in total. The van der Waals surface area contributed by atoms with Crippen molar-refractivity contribution in [3.63, 3.8) is 0 Å². The number of hydrogen-bond donors (Lipinski definition) is 1. The van der Waals surface area contributed by atoms with Gasteiger partial charge in [0.25, 0.3) is 0 Å². The van der Waals surface area contributed by atoms with E-state index < -0.39 is 0 Å². The summed E-state index contributed by atoms with van der Waals surface area (Å²) in [5.74, 6) is 0. The standard InChI is InChI=1S/C7H13N3.2ClH/c1-10-6-9-5-7(10)3-2-4-8;;/h5-6H,2-4,8H2,1H3;2*1H. The van der Waals surface area contributed by atoms with Crippen molar-refractivity contribution in [2.45, 2.75) is 12.8 Å². The Labute approximate surface area is 85.2 Å². The van der Waals surface area contributed by atoms with E-state index in [1.54, 1.807) is 0 Å². The minimum atomic E-state index is 0. The third-order valence-corrected chi connectivity index (χ3v) is 1.55. The van der Waals surface area contributed by atoms with Gasteiger partial charge in [-0.15, -0.1) is 24.8 Å². The summed E-state index contributed by atoms with van der Waals surface area (Å²) in [6, 6.07) is 0. The van der Waals surface area contributed by atoms with Crippen LogP contribution >= 0.6 is 24.8 Å². The van der Waals surface area contributed by atoms with Crippen LogP contribution in [0.5, 0.6) is 0 Å². The van der Waals surface area contributed by atoms with Crippen LogP contribution in [0.4, 0.5) is 0 Å². The van der Waals surface area contributed by atoms with Gasteiger partial charge in [0, 0.05) is 18.9 Å². The molecule has 0 atom stereocenters. The lowest BCUT2D eigenvalue weighted by Gasteiger charge is -1.98. The summed E-state index contributed by atoms with van der Waals surface area (Å²) in [5, 5.41) is 0. The first kappa shape index (κ1) is 14.3. The van der Waals surface area contributed by atoms with Gasteiger partial charge in [-0.1, -0.05) is 0 Å². The first-order valence-corrected chi connectivity index (χ1v) is 3.50. The maximum atomic E-state index is 5.37. The molecule has 1 aromatic rings. The number of rotatable bonds is 3. The van der Waals surface area contributed by atoms with Crippen molar-refractivity contribution in [3.05, 3.63) is 18.2 Å². The number of imidazole rings is 1. The van der Waals surface area contributed by atoms with Crippen molar-refractivity contribution >= 4 is 24.8 Å². The molecule has 3 nitrogen and oxygen atoms in total. The molecule has 0 aliphatic carbocycles. The van der Waals surface area contributed by atoms with Gasteiger partial charge in [-0.2, -0.15) is 0 Å². The molecule has 0 aliphatic rings.